The van der Waals surface area contributed by atoms with Crippen LogP contribution in [0.4, 0.5) is 24.5 Å². The van der Waals surface area contributed by atoms with Crippen molar-refractivity contribution in [3.05, 3.63) is 57.4 Å². The van der Waals surface area contributed by atoms with Gasteiger partial charge in [0.15, 0.2) is 0 Å². The number of hydrazone groups is 1. The predicted octanol–water partition coefficient (Wildman–Crippen LogP) is 4.02. The molecule has 2 aromatic rings. The third-order valence-electron chi connectivity index (χ3n) is 3.43. The van der Waals surface area contributed by atoms with Crippen LogP contribution in [-0.2, 0) is 6.54 Å². The predicted molar refractivity (Wildman–Crippen MR) is 84.3 cm³/mol. The van der Waals surface area contributed by atoms with Crippen molar-refractivity contribution in [1.29, 1.82) is 0 Å². The lowest BCUT2D eigenvalue weighted by molar-refractivity contribution is -0.384. The number of anilines is 1. The second-order valence-corrected chi connectivity index (χ2v) is 5.20. The fraction of sp³-hybridized carbons (Fsp3) is 0.267. The van der Waals surface area contributed by atoms with Crippen LogP contribution in [0.2, 0.25) is 0 Å². The van der Waals surface area contributed by atoms with Gasteiger partial charge in [0, 0.05) is 29.1 Å². The number of nitrogens with zero attached hydrogens (tertiary/aromatic N) is 3. The Morgan fingerprint density at radius 3 is 2.46 bits per heavy atom. The van der Waals surface area contributed by atoms with Crippen LogP contribution >= 0.6 is 0 Å². The number of benzene rings is 1. The first-order chi connectivity index (χ1) is 11.2. The zero-order valence-electron chi connectivity index (χ0n) is 13.0. The average molecular weight is 340 g/mol. The van der Waals surface area contributed by atoms with E-state index in [0.29, 0.717) is 22.6 Å². The number of nitro benzene ring substituents is 1. The Bertz CT molecular complexity index is 764. The summed E-state index contributed by atoms with van der Waals surface area (Å²) in [6, 6.07) is 7.24. The van der Waals surface area contributed by atoms with Gasteiger partial charge in [-0.2, -0.15) is 18.3 Å². The molecule has 0 radical (unpaired) electrons. The molecule has 0 saturated carbocycles. The molecule has 128 valence electrons. The molecule has 0 atom stereocenters. The lowest BCUT2D eigenvalue weighted by Crippen LogP contribution is -2.19. The minimum atomic E-state index is -4.29. The monoisotopic (exact) mass is 340 g/mol. The highest BCUT2D eigenvalue weighted by molar-refractivity contribution is 5.82. The SMILES string of the molecule is Cc1cc(/C=N/Nc2ccc([N+](=O)[O-])cc2)c(C)n1CC(F)(F)F. The Labute approximate surface area is 135 Å². The smallest absolute Gasteiger partial charge is 0.339 e. The van der Waals surface area contributed by atoms with Gasteiger partial charge >= 0.3 is 6.18 Å². The van der Waals surface area contributed by atoms with Crippen LogP contribution in [0.15, 0.2) is 35.4 Å². The number of nitrogens with one attached hydrogen (secondary N) is 1. The standard InChI is InChI=1S/C15H15F3N4O2/c1-10-7-12(11(2)21(10)9-15(16,17)18)8-19-20-13-3-5-14(6-4-13)22(23)24/h3-8,20H,9H2,1-2H3/b19-8+. The van der Waals surface area contributed by atoms with Crippen LogP contribution < -0.4 is 5.43 Å². The molecule has 0 spiro atoms. The zero-order chi connectivity index (χ0) is 17.9. The largest absolute Gasteiger partial charge is 0.406 e. The molecule has 1 aromatic heterocycles. The molecule has 9 heteroatoms. The van der Waals surface area contributed by atoms with Gasteiger partial charge in [-0.1, -0.05) is 0 Å². The summed E-state index contributed by atoms with van der Waals surface area (Å²) in [4.78, 5) is 10.0. The van der Waals surface area contributed by atoms with Crippen LogP contribution in [0, 0.1) is 24.0 Å². The van der Waals surface area contributed by atoms with E-state index in [-0.39, 0.29) is 5.69 Å². The van der Waals surface area contributed by atoms with E-state index in [4.69, 9.17) is 0 Å². The summed E-state index contributed by atoms with van der Waals surface area (Å²) in [7, 11) is 0. The molecule has 2 rings (SSSR count). The fourth-order valence-electron chi connectivity index (χ4n) is 2.22. The molecule has 0 amide bonds. The van der Waals surface area contributed by atoms with Crippen molar-refractivity contribution >= 4 is 17.6 Å². The van der Waals surface area contributed by atoms with Gasteiger partial charge < -0.3 is 4.57 Å². The van der Waals surface area contributed by atoms with Gasteiger partial charge in [0.25, 0.3) is 5.69 Å². The number of aromatic nitrogens is 1. The molecule has 1 heterocycles. The van der Waals surface area contributed by atoms with E-state index in [1.165, 1.54) is 35.0 Å². The number of aryl methyl sites for hydroxylation is 1. The summed E-state index contributed by atoms with van der Waals surface area (Å²) in [5.41, 5.74) is 4.67. The van der Waals surface area contributed by atoms with E-state index in [2.05, 4.69) is 10.5 Å². The van der Waals surface area contributed by atoms with Gasteiger partial charge in [-0.3, -0.25) is 15.5 Å². The number of nitro groups is 1. The average Bonchev–Trinajstić information content (AvgIpc) is 2.74. The maximum absolute atomic E-state index is 12.6. The first-order valence-electron chi connectivity index (χ1n) is 6.94. The summed E-state index contributed by atoms with van der Waals surface area (Å²) in [5, 5.41) is 14.5. The Balaban J connectivity index is 2.09. The van der Waals surface area contributed by atoms with Crippen LogP contribution in [0.3, 0.4) is 0 Å². The molecule has 1 aromatic carbocycles. The lowest BCUT2D eigenvalue weighted by atomic mass is 10.3. The van der Waals surface area contributed by atoms with Gasteiger partial charge in [0.05, 0.1) is 16.8 Å². The highest BCUT2D eigenvalue weighted by Crippen LogP contribution is 2.22. The Kier molecular flexibility index (Phi) is 4.91. The summed E-state index contributed by atoms with van der Waals surface area (Å²) >= 11 is 0. The van der Waals surface area contributed by atoms with E-state index >= 15 is 0 Å². The third kappa shape index (κ3) is 4.34. The molecular formula is C15H15F3N4O2. The number of hydrogen-bond donors (Lipinski definition) is 1. The number of rotatable bonds is 5. The van der Waals surface area contributed by atoms with Crippen molar-refractivity contribution in [1.82, 2.24) is 4.57 Å². The second kappa shape index (κ2) is 6.73. The zero-order valence-corrected chi connectivity index (χ0v) is 13.0. The first kappa shape index (κ1) is 17.5. The molecule has 0 fully saturated rings. The van der Waals surface area contributed by atoms with Crippen LogP contribution in [-0.4, -0.2) is 21.9 Å². The summed E-state index contributed by atoms with van der Waals surface area (Å²) in [6.45, 7) is 2.14. The molecule has 0 aliphatic rings. The Morgan fingerprint density at radius 2 is 1.92 bits per heavy atom. The van der Waals surface area contributed by atoms with Crippen molar-refractivity contribution < 1.29 is 18.1 Å². The fourth-order valence-corrected chi connectivity index (χ4v) is 2.22. The normalized spacial score (nSPS) is 11.9. The summed E-state index contributed by atoms with van der Waals surface area (Å²) in [6.07, 6.45) is -2.88. The van der Waals surface area contributed by atoms with Gasteiger partial charge in [0.1, 0.15) is 6.54 Å². The van der Waals surface area contributed by atoms with Crippen LogP contribution in [0.5, 0.6) is 0 Å². The molecule has 0 unspecified atom stereocenters. The minimum Gasteiger partial charge on any atom is -0.339 e. The first-order valence-corrected chi connectivity index (χ1v) is 6.94. The van der Waals surface area contributed by atoms with Gasteiger partial charge in [-0.05, 0) is 32.0 Å². The van der Waals surface area contributed by atoms with Crippen molar-refractivity contribution in [2.24, 2.45) is 5.10 Å². The molecular weight excluding hydrogens is 325 g/mol. The van der Waals surface area contributed by atoms with E-state index in [9.17, 15) is 23.3 Å². The van der Waals surface area contributed by atoms with Crippen LogP contribution in [0.1, 0.15) is 17.0 Å². The van der Waals surface area contributed by atoms with Gasteiger partial charge in [-0.25, -0.2) is 0 Å². The quantitative estimate of drug-likeness (QED) is 0.507. The third-order valence-corrected chi connectivity index (χ3v) is 3.43. The highest BCUT2D eigenvalue weighted by atomic mass is 19.4. The second-order valence-electron chi connectivity index (χ2n) is 5.20. The van der Waals surface area contributed by atoms with E-state index in [0.717, 1.165) is 0 Å². The number of non-ortho nitro benzene ring substituents is 1. The van der Waals surface area contributed by atoms with E-state index < -0.39 is 17.6 Å². The highest BCUT2D eigenvalue weighted by Gasteiger charge is 2.29. The lowest BCUT2D eigenvalue weighted by Gasteiger charge is -2.12. The Morgan fingerprint density at radius 1 is 1.29 bits per heavy atom. The van der Waals surface area contributed by atoms with Crippen molar-refractivity contribution in [2.45, 2.75) is 26.6 Å². The van der Waals surface area contributed by atoms with Gasteiger partial charge in [0.2, 0.25) is 0 Å². The summed E-state index contributed by atoms with van der Waals surface area (Å²) < 4.78 is 38.8. The molecule has 0 bridgehead atoms. The van der Waals surface area contributed by atoms with Crippen molar-refractivity contribution in [2.75, 3.05) is 5.43 Å². The van der Waals surface area contributed by atoms with Crippen molar-refractivity contribution in [3.8, 4) is 0 Å². The van der Waals surface area contributed by atoms with Gasteiger partial charge in [-0.15, -0.1) is 0 Å². The number of alkyl halides is 3. The summed E-state index contributed by atoms with van der Waals surface area (Å²) in [5.74, 6) is 0. The molecule has 24 heavy (non-hydrogen) atoms. The number of halogens is 3. The molecule has 0 aliphatic carbocycles. The topological polar surface area (TPSA) is 72.5 Å². The number of hydrogen-bond acceptors (Lipinski definition) is 4. The minimum absolute atomic E-state index is 0.0415. The van der Waals surface area contributed by atoms with E-state index in [1.807, 2.05) is 0 Å². The molecule has 1 N–H and O–H groups in total. The molecule has 0 saturated heterocycles. The van der Waals surface area contributed by atoms with E-state index in [1.54, 1.807) is 19.9 Å². The van der Waals surface area contributed by atoms with Crippen LogP contribution in [0.25, 0.3) is 0 Å². The molecule has 0 aliphatic heterocycles. The maximum atomic E-state index is 12.6. The molecule has 6 nitrogen and oxygen atoms in total. The maximum Gasteiger partial charge on any atom is 0.406 e. The van der Waals surface area contributed by atoms with Crippen molar-refractivity contribution in [3.63, 3.8) is 0 Å². The Hall–Kier alpha value is -2.84.